The minimum atomic E-state index is -0.565. The lowest BCUT2D eigenvalue weighted by molar-refractivity contribution is 0.530. The fourth-order valence-corrected chi connectivity index (χ4v) is 2.60. The van der Waals surface area contributed by atoms with E-state index in [-0.39, 0.29) is 6.04 Å². The summed E-state index contributed by atoms with van der Waals surface area (Å²) in [5.41, 5.74) is 3.23. The number of rotatable bonds is 5. The molecule has 0 amide bonds. The predicted molar refractivity (Wildman–Crippen MR) is 79.2 cm³/mol. The van der Waals surface area contributed by atoms with Gasteiger partial charge >= 0.3 is 0 Å². The summed E-state index contributed by atoms with van der Waals surface area (Å²) in [7, 11) is 1.86. The van der Waals surface area contributed by atoms with E-state index in [2.05, 4.69) is 10.4 Å². The highest BCUT2D eigenvalue weighted by atomic mass is 19.1. The Bertz CT molecular complexity index is 635. The molecule has 2 rings (SSSR count). The first-order valence-electron chi connectivity index (χ1n) is 7.14. The van der Waals surface area contributed by atoms with E-state index in [4.69, 9.17) is 0 Å². The minimum Gasteiger partial charge on any atom is -0.306 e. The van der Waals surface area contributed by atoms with Gasteiger partial charge < -0.3 is 5.32 Å². The van der Waals surface area contributed by atoms with Crippen molar-refractivity contribution in [3.05, 3.63) is 52.3 Å². The van der Waals surface area contributed by atoms with Gasteiger partial charge in [0.1, 0.15) is 11.6 Å². The van der Waals surface area contributed by atoms with E-state index in [1.807, 2.05) is 27.8 Å². The van der Waals surface area contributed by atoms with Crippen LogP contribution in [0.5, 0.6) is 0 Å². The van der Waals surface area contributed by atoms with Crippen molar-refractivity contribution in [2.45, 2.75) is 33.2 Å². The molecule has 0 saturated heterocycles. The van der Waals surface area contributed by atoms with Gasteiger partial charge in [0.25, 0.3) is 0 Å². The summed E-state index contributed by atoms with van der Waals surface area (Å²) in [6, 6.07) is 3.40. The summed E-state index contributed by atoms with van der Waals surface area (Å²) >= 11 is 0. The SMILES string of the molecule is CCCNC(c1ccc(F)cc1F)c1c(C)nn(C)c1C. The summed E-state index contributed by atoms with van der Waals surface area (Å²) in [4.78, 5) is 0. The van der Waals surface area contributed by atoms with Gasteiger partial charge in [-0.3, -0.25) is 4.68 Å². The molecule has 1 heterocycles. The van der Waals surface area contributed by atoms with Crippen molar-refractivity contribution in [2.75, 3.05) is 6.54 Å². The number of aryl methyl sites for hydroxylation is 2. The topological polar surface area (TPSA) is 29.9 Å². The molecule has 1 aromatic heterocycles. The van der Waals surface area contributed by atoms with Crippen LogP contribution in [-0.4, -0.2) is 16.3 Å². The van der Waals surface area contributed by atoms with E-state index < -0.39 is 11.6 Å². The summed E-state index contributed by atoms with van der Waals surface area (Å²) in [6.45, 7) is 6.66. The van der Waals surface area contributed by atoms with Crippen molar-refractivity contribution in [1.82, 2.24) is 15.1 Å². The molecule has 1 N–H and O–H groups in total. The van der Waals surface area contributed by atoms with E-state index in [1.165, 1.54) is 12.1 Å². The van der Waals surface area contributed by atoms with Crippen LogP contribution >= 0.6 is 0 Å². The number of halogens is 2. The second-order valence-corrected chi connectivity index (χ2v) is 5.26. The van der Waals surface area contributed by atoms with Gasteiger partial charge in [0, 0.05) is 29.9 Å². The zero-order chi connectivity index (χ0) is 15.6. The van der Waals surface area contributed by atoms with Crippen LogP contribution in [0.1, 0.15) is 41.9 Å². The first kappa shape index (κ1) is 15.6. The monoisotopic (exact) mass is 293 g/mol. The molecule has 0 saturated carbocycles. The van der Waals surface area contributed by atoms with Gasteiger partial charge in [0.2, 0.25) is 0 Å². The van der Waals surface area contributed by atoms with Gasteiger partial charge in [-0.1, -0.05) is 13.0 Å². The fraction of sp³-hybridized carbons (Fsp3) is 0.438. The lowest BCUT2D eigenvalue weighted by atomic mass is 9.96. The molecular formula is C16H21F2N3. The molecule has 1 aromatic carbocycles. The van der Waals surface area contributed by atoms with Crippen LogP contribution in [0.25, 0.3) is 0 Å². The average molecular weight is 293 g/mol. The molecule has 0 aliphatic rings. The minimum absolute atomic E-state index is 0.320. The smallest absolute Gasteiger partial charge is 0.131 e. The van der Waals surface area contributed by atoms with Crippen LogP contribution in [0.4, 0.5) is 8.78 Å². The maximum atomic E-state index is 14.2. The molecule has 21 heavy (non-hydrogen) atoms. The zero-order valence-electron chi connectivity index (χ0n) is 12.9. The highest BCUT2D eigenvalue weighted by molar-refractivity contribution is 5.37. The van der Waals surface area contributed by atoms with Gasteiger partial charge in [-0.2, -0.15) is 5.10 Å². The van der Waals surface area contributed by atoms with Gasteiger partial charge in [0.15, 0.2) is 0 Å². The lowest BCUT2D eigenvalue weighted by Gasteiger charge is -2.20. The van der Waals surface area contributed by atoms with E-state index >= 15 is 0 Å². The highest BCUT2D eigenvalue weighted by Gasteiger charge is 2.24. The molecule has 0 fully saturated rings. The molecule has 2 aromatic rings. The molecule has 0 spiro atoms. The fourth-order valence-electron chi connectivity index (χ4n) is 2.60. The van der Waals surface area contributed by atoms with Gasteiger partial charge in [-0.15, -0.1) is 0 Å². The van der Waals surface area contributed by atoms with Crippen LogP contribution in [-0.2, 0) is 7.05 Å². The third-order valence-corrected chi connectivity index (χ3v) is 3.73. The lowest BCUT2D eigenvalue weighted by Crippen LogP contribution is -2.25. The number of nitrogens with zero attached hydrogens (tertiary/aromatic N) is 2. The molecular weight excluding hydrogens is 272 g/mol. The summed E-state index contributed by atoms with van der Waals surface area (Å²) in [6.07, 6.45) is 0.928. The zero-order valence-corrected chi connectivity index (χ0v) is 12.9. The van der Waals surface area contributed by atoms with Crippen molar-refractivity contribution in [2.24, 2.45) is 7.05 Å². The molecule has 0 radical (unpaired) electrons. The number of nitrogens with one attached hydrogen (secondary N) is 1. The second kappa shape index (κ2) is 6.35. The van der Waals surface area contributed by atoms with Gasteiger partial charge in [-0.25, -0.2) is 8.78 Å². The third kappa shape index (κ3) is 3.13. The number of hydrogen-bond donors (Lipinski definition) is 1. The number of benzene rings is 1. The van der Waals surface area contributed by atoms with Crippen LogP contribution in [0.15, 0.2) is 18.2 Å². The Morgan fingerprint density at radius 3 is 2.52 bits per heavy atom. The summed E-state index contributed by atoms with van der Waals surface area (Å²) in [5, 5.41) is 7.73. The Morgan fingerprint density at radius 2 is 2.00 bits per heavy atom. The number of aromatic nitrogens is 2. The van der Waals surface area contributed by atoms with Crippen molar-refractivity contribution >= 4 is 0 Å². The van der Waals surface area contributed by atoms with Crippen LogP contribution < -0.4 is 5.32 Å². The van der Waals surface area contributed by atoms with E-state index in [1.54, 1.807) is 4.68 Å². The van der Waals surface area contributed by atoms with Crippen molar-refractivity contribution in [3.8, 4) is 0 Å². The van der Waals surface area contributed by atoms with Crippen molar-refractivity contribution in [1.29, 1.82) is 0 Å². The molecule has 0 aliphatic heterocycles. The predicted octanol–water partition coefficient (Wildman–Crippen LogP) is 3.40. The number of hydrogen-bond acceptors (Lipinski definition) is 2. The quantitative estimate of drug-likeness (QED) is 0.915. The molecule has 114 valence electrons. The van der Waals surface area contributed by atoms with Gasteiger partial charge in [0.05, 0.1) is 11.7 Å². The molecule has 3 nitrogen and oxygen atoms in total. The molecule has 5 heteroatoms. The Hall–Kier alpha value is -1.75. The maximum absolute atomic E-state index is 14.2. The third-order valence-electron chi connectivity index (χ3n) is 3.73. The maximum Gasteiger partial charge on any atom is 0.131 e. The van der Waals surface area contributed by atoms with E-state index in [0.717, 1.165) is 36.0 Å². The van der Waals surface area contributed by atoms with Crippen LogP contribution in [0, 0.1) is 25.5 Å². The Labute approximate surface area is 124 Å². The molecule has 1 unspecified atom stereocenters. The highest BCUT2D eigenvalue weighted by Crippen LogP contribution is 2.29. The van der Waals surface area contributed by atoms with Crippen LogP contribution in [0.3, 0.4) is 0 Å². The normalized spacial score (nSPS) is 12.7. The van der Waals surface area contributed by atoms with E-state index in [9.17, 15) is 8.78 Å². The summed E-state index contributed by atoms with van der Waals surface area (Å²) in [5.74, 6) is -1.10. The van der Waals surface area contributed by atoms with Crippen LogP contribution in [0.2, 0.25) is 0 Å². The second-order valence-electron chi connectivity index (χ2n) is 5.26. The average Bonchev–Trinajstić information content (AvgIpc) is 2.67. The van der Waals surface area contributed by atoms with E-state index in [0.29, 0.717) is 5.56 Å². The molecule has 0 aliphatic carbocycles. The largest absolute Gasteiger partial charge is 0.306 e. The Kier molecular flexibility index (Phi) is 4.73. The van der Waals surface area contributed by atoms with Crippen molar-refractivity contribution < 1.29 is 8.78 Å². The first-order chi connectivity index (χ1) is 9.95. The standard InChI is InChI=1S/C16H21F2N3/c1-5-8-19-16(13-7-6-12(17)9-14(13)18)15-10(2)20-21(4)11(15)3/h6-7,9,16,19H,5,8H2,1-4H3. The molecule has 1 atom stereocenters. The Balaban J connectivity index is 2.52. The first-order valence-corrected chi connectivity index (χ1v) is 7.14. The Morgan fingerprint density at radius 1 is 1.29 bits per heavy atom. The summed E-state index contributed by atoms with van der Waals surface area (Å²) < 4.78 is 29.1. The van der Waals surface area contributed by atoms with Gasteiger partial charge in [-0.05, 0) is 32.9 Å². The van der Waals surface area contributed by atoms with Crippen molar-refractivity contribution in [3.63, 3.8) is 0 Å². The molecule has 0 bridgehead atoms.